The zero-order valence-corrected chi connectivity index (χ0v) is 15.7. The molecule has 0 aliphatic rings. The molecule has 0 saturated carbocycles. The highest BCUT2D eigenvalue weighted by atomic mass is 32.2. The number of carbonyl (C=O) groups excluding carboxylic acids is 1. The van der Waals surface area contributed by atoms with Gasteiger partial charge >= 0.3 is 0 Å². The number of anilines is 1. The lowest BCUT2D eigenvalue weighted by molar-refractivity contribution is -0.111. The molecule has 2 aromatic heterocycles. The second-order valence-corrected chi connectivity index (χ2v) is 8.51. The average Bonchev–Trinajstić information content (AvgIpc) is 3.19. The van der Waals surface area contributed by atoms with Crippen molar-refractivity contribution >= 4 is 48.7 Å². The van der Waals surface area contributed by atoms with Crippen molar-refractivity contribution in [3.63, 3.8) is 0 Å². The summed E-state index contributed by atoms with van der Waals surface area (Å²) in [5.41, 5.74) is 0.615. The first kappa shape index (κ1) is 18.3. The number of carbonyl (C=O) groups is 1. The number of sulfonamides is 1. The van der Waals surface area contributed by atoms with Crippen LogP contribution in [0, 0.1) is 0 Å². The minimum atomic E-state index is -3.58. The molecule has 3 rings (SSSR count). The monoisotopic (exact) mass is 391 g/mol. The van der Waals surface area contributed by atoms with E-state index >= 15 is 0 Å². The quantitative estimate of drug-likeness (QED) is 0.628. The Morgan fingerprint density at radius 1 is 1.31 bits per heavy atom. The molecule has 0 saturated heterocycles. The van der Waals surface area contributed by atoms with Crippen molar-refractivity contribution < 1.29 is 17.6 Å². The Balaban J connectivity index is 1.78. The first-order valence-corrected chi connectivity index (χ1v) is 10.1. The van der Waals surface area contributed by atoms with Crippen LogP contribution in [0.3, 0.4) is 0 Å². The van der Waals surface area contributed by atoms with Gasteiger partial charge in [-0.05, 0) is 50.3 Å². The van der Waals surface area contributed by atoms with E-state index in [0.717, 1.165) is 0 Å². The predicted molar refractivity (Wildman–Crippen MR) is 101 cm³/mol. The zero-order valence-electron chi connectivity index (χ0n) is 14.1. The van der Waals surface area contributed by atoms with E-state index in [1.54, 1.807) is 44.2 Å². The number of hydrogen-bond acceptors (Lipinski definition) is 6. The van der Waals surface area contributed by atoms with E-state index in [9.17, 15) is 13.2 Å². The summed E-state index contributed by atoms with van der Waals surface area (Å²) in [6, 6.07) is 7.92. The average molecular weight is 391 g/mol. The molecule has 0 aliphatic carbocycles. The van der Waals surface area contributed by atoms with Crippen LogP contribution in [0.25, 0.3) is 16.3 Å². The number of nitrogens with one attached hydrogen (secondary N) is 2. The number of aromatic nitrogens is 1. The Bertz CT molecular complexity index is 1050. The minimum Gasteiger partial charge on any atom is -0.465 e. The Morgan fingerprint density at radius 3 is 2.81 bits per heavy atom. The van der Waals surface area contributed by atoms with Gasteiger partial charge in [-0.3, -0.25) is 10.1 Å². The van der Waals surface area contributed by atoms with Gasteiger partial charge < -0.3 is 4.42 Å². The van der Waals surface area contributed by atoms with Gasteiger partial charge in [-0.15, -0.1) is 0 Å². The maximum Gasteiger partial charge on any atom is 0.250 e. The summed E-state index contributed by atoms with van der Waals surface area (Å²) >= 11 is 1.21. The van der Waals surface area contributed by atoms with Gasteiger partial charge in [0.1, 0.15) is 5.76 Å². The van der Waals surface area contributed by atoms with E-state index < -0.39 is 10.0 Å². The maximum atomic E-state index is 12.3. The topological polar surface area (TPSA) is 101 Å². The van der Waals surface area contributed by atoms with Crippen LogP contribution >= 0.6 is 11.3 Å². The van der Waals surface area contributed by atoms with Gasteiger partial charge in [0.2, 0.25) is 15.9 Å². The summed E-state index contributed by atoms with van der Waals surface area (Å²) in [6.45, 7) is 3.51. The highest BCUT2D eigenvalue weighted by Crippen LogP contribution is 2.28. The van der Waals surface area contributed by atoms with Crippen molar-refractivity contribution in [3.05, 3.63) is 48.4 Å². The number of benzene rings is 1. The molecule has 0 fully saturated rings. The van der Waals surface area contributed by atoms with Crippen LogP contribution in [-0.2, 0) is 14.8 Å². The third kappa shape index (κ3) is 4.37. The fourth-order valence-corrected chi connectivity index (χ4v) is 4.45. The van der Waals surface area contributed by atoms with Gasteiger partial charge in [-0.1, -0.05) is 11.3 Å². The lowest BCUT2D eigenvalue weighted by Gasteiger charge is -2.09. The molecule has 1 amide bonds. The molecule has 0 bridgehead atoms. The molecule has 1 aromatic carbocycles. The third-order valence-corrected chi connectivity index (χ3v) is 5.82. The Kier molecular flexibility index (Phi) is 5.21. The molecular formula is C17H17N3O4S2. The van der Waals surface area contributed by atoms with Crippen LogP contribution in [0.15, 0.2) is 52.0 Å². The molecule has 0 atom stereocenters. The molecule has 2 N–H and O–H groups in total. The van der Waals surface area contributed by atoms with Crippen LogP contribution < -0.4 is 10.0 Å². The first-order valence-electron chi connectivity index (χ1n) is 7.79. The zero-order chi connectivity index (χ0) is 18.7. The molecular weight excluding hydrogens is 374 g/mol. The number of furan rings is 1. The third-order valence-electron chi connectivity index (χ3n) is 3.23. The molecule has 0 unspecified atom stereocenters. The van der Waals surface area contributed by atoms with Crippen molar-refractivity contribution in [2.24, 2.45) is 0 Å². The van der Waals surface area contributed by atoms with Crippen molar-refractivity contribution in [1.29, 1.82) is 0 Å². The Morgan fingerprint density at radius 2 is 2.12 bits per heavy atom. The first-order chi connectivity index (χ1) is 12.3. The molecule has 3 aromatic rings. The fourth-order valence-electron chi connectivity index (χ4n) is 2.19. The van der Waals surface area contributed by atoms with E-state index in [0.29, 0.717) is 21.1 Å². The van der Waals surface area contributed by atoms with Crippen molar-refractivity contribution in [3.8, 4) is 0 Å². The summed E-state index contributed by atoms with van der Waals surface area (Å²) in [4.78, 5) is 16.4. The SMILES string of the molecule is CC(C)NS(=O)(=O)c1ccc2nc(NC(=O)/C=C/c3ccco3)sc2c1. The van der Waals surface area contributed by atoms with Crippen LogP contribution in [0.5, 0.6) is 0 Å². The molecule has 9 heteroatoms. The minimum absolute atomic E-state index is 0.165. The van der Waals surface area contributed by atoms with E-state index in [2.05, 4.69) is 15.0 Å². The summed E-state index contributed by atoms with van der Waals surface area (Å²) in [6.07, 6.45) is 4.41. The standard InChI is InChI=1S/C17H17N3O4S2/c1-11(2)20-26(22,23)13-6-7-14-15(10-13)25-17(18-14)19-16(21)8-5-12-4-3-9-24-12/h3-11,20H,1-2H3,(H,18,19,21)/b8-5+. The highest BCUT2D eigenvalue weighted by molar-refractivity contribution is 7.89. The Labute approximate surface area is 154 Å². The van der Waals surface area contributed by atoms with Crippen LogP contribution in [0.2, 0.25) is 0 Å². The van der Waals surface area contributed by atoms with Crippen molar-refractivity contribution in [1.82, 2.24) is 9.71 Å². The van der Waals surface area contributed by atoms with Crippen LogP contribution in [0.4, 0.5) is 5.13 Å². The van der Waals surface area contributed by atoms with E-state index in [1.807, 2.05) is 0 Å². The van der Waals surface area contributed by atoms with Crippen LogP contribution in [-0.4, -0.2) is 25.4 Å². The van der Waals surface area contributed by atoms with Crippen molar-refractivity contribution in [2.45, 2.75) is 24.8 Å². The lowest BCUT2D eigenvalue weighted by Crippen LogP contribution is -2.30. The van der Waals surface area contributed by atoms with Crippen molar-refractivity contribution in [2.75, 3.05) is 5.32 Å². The second-order valence-electron chi connectivity index (χ2n) is 5.76. The van der Waals surface area contributed by atoms with Gasteiger partial charge in [0.15, 0.2) is 5.13 Å². The number of thiazole rings is 1. The smallest absolute Gasteiger partial charge is 0.250 e. The fraction of sp³-hybridized carbons (Fsp3) is 0.176. The van der Waals surface area contributed by atoms with Gasteiger partial charge in [0.05, 0.1) is 21.4 Å². The molecule has 136 valence electrons. The number of nitrogens with zero attached hydrogens (tertiary/aromatic N) is 1. The summed E-state index contributed by atoms with van der Waals surface area (Å²) in [5, 5.41) is 3.05. The van der Waals surface area contributed by atoms with Gasteiger partial charge in [-0.2, -0.15) is 0 Å². The molecule has 0 spiro atoms. The molecule has 2 heterocycles. The van der Waals surface area contributed by atoms with Crippen LogP contribution in [0.1, 0.15) is 19.6 Å². The lowest BCUT2D eigenvalue weighted by atomic mass is 10.3. The second kappa shape index (κ2) is 7.40. The summed E-state index contributed by atoms with van der Waals surface area (Å²) < 4.78 is 32.8. The van der Waals surface area contributed by atoms with E-state index in [1.165, 1.54) is 29.7 Å². The van der Waals surface area contributed by atoms with E-state index in [-0.39, 0.29) is 16.8 Å². The largest absolute Gasteiger partial charge is 0.465 e. The summed E-state index contributed by atoms with van der Waals surface area (Å²) in [7, 11) is -3.58. The predicted octanol–water partition coefficient (Wildman–Crippen LogP) is 3.23. The molecule has 0 aliphatic heterocycles. The number of fused-ring (bicyclic) bond motifs is 1. The number of amides is 1. The van der Waals surface area contributed by atoms with E-state index in [4.69, 9.17) is 4.42 Å². The van der Waals surface area contributed by atoms with Gasteiger partial charge in [0, 0.05) is 12.1 Å². The number of hydrogen-bond donors (Lipinski definition) is 2. The normalized spacial score (nSPS) is 12.3. The summed E-state index contributed by atoms with van der Waals surface area (Å²) in [5.74, 6) is 0.215. The molecule has 0 radical (unpaired) electrons. The van der Waals surface area contributed by atoms with Gasteiger partial charge in [-0.25, -0.2) is 18.1 Å². The van der Waals surface area contributed by atoms with Gasteiger partial charge in [0.25, 0.3) is 0 Å². The molecule has 7 nitrogen and oxygen atoms in total. The highest BCUT2D eigenvalue weighted by Gasteiger charge is 2.17. The Hall–Kier alpha value is -2.49. The number of rotatable bonds is 6. The molecule has 26 heavy (non-hydrogen) atoms. The maximum absolute atomic E-state index is 12.3.